The van der Waals surface area contributed by atoms with E-state index in [1.807, 2.05) is 13.8 Å². The van der Waals surface area contributed by atoms with Crippen molar-refractivity contribution in [3.8, 4) is 11.4 Å². The monoisotopic (exact) mass is 458 g/mol. The normalized spacial score (nSPS) is 13.0. The number of carboxylic acids is 1. The van der Waals surface area contributed by atoms with Crippen molar-refractivity contribution in [2.24, 2.45) is 0 Å². The Labute approximate surface area is 188 Å². The van der Waals surface area contributed by atoms with Gasteiger partial charge in [-0.05, 0) is 18.2 Å². The Bertz CT molecular complexity index is 1350. The van der Waals surface area contributed by atoms with Crippen molar-refractivity contribution < 1.29 is 28.2 Å². The minimum Gasteiger partial charge on any atom is -0.494 e. The molecule has 0 bridgehead atoms. The molecule has 1 aromatic carbocycles. The maximum absolute atomic E-state index is 15.6. The Balaban J connectivity index is 2.17. The zero-order valence-corrected chi connectivity index (χ0v) is 18.6. The molecule has 0 unspecified atom stereocenters. The van der Waals surface area contributed by atoms with Crippen molar-refractivity contribution in [3.05, 3.63) is 47.5 Å². The van der Waals surface area contributed by atoms with Gasteiger partial charge in [0.05, 0.1) is 37.4 Å². The molecule has 174 valence electrons. The third-order valence-electron chi connectivity index (χ3n) is 5.59. The maximum atomic E-state index is 15.6. The number of aromatic amines is 1. The Morgan fingerprint density at radius 1 is 1.30 bits per heavy atom. The molecule has 8 nitrogen and oxygen atoms in total. The van der Waals surface area contributed by atoms with Crippen LogP contribution in [0.5, 0.6) is 5.75 Å². The highest BCUT2D eigenvalue weighted by molar-refractivity contribution is 5.94. The second-order valence-electron chi connectivity index (χ2n) is 8.46. The van der Waals surface area contributed by atoms with Crippen LogP contribution in [0.15, 0.2) is 30.5 Å². The number of methoxy groups -OCH3 is 2. The third-order valence-corrected chi connectivity index (χ3v) is 5.59. The highest BCUT2D eigenvalue weighted by Gasteiger charge is 2.36. The number of nitrogens with one attached hydrogen (secondary N) is 1. The van der Waals surface area contributed by atoms with E-state index in [0.717, 1.165) is 0 Å². The molecule has 0 fully saturated rings. The van der Waals surface area contributed by atoms with E-state index in [-0.39, 0.29) is 17.9 Å². The van der Waals surface area contributed by atoms with Crippen molar-refractivity contribution in [1.29, 1.82) is 0 Å². The number of benzene rings is 1. The lowest BCUT2D eigenvalue weighted by molar-refractivity contribution is -0.138. The molecule has 0 saturated heterocycles. The maximum Gasteiger partial charge on any atom is 0.306 e. The van der Waals surface area contributed by atoms with Crippen molar-refractivity contribution >= 4 is 28.0 Å². The fourth-order valence-electron chi connectivity index (χ4n) is 4.29. The van der Waals surface area contributed by atoms with Gasteiger partial charge in [-0.3, -0.25) is 9.89 Å². The molecule has 10 heteroatoms. The molecule has 4 rings (SSSR count). The van der Waals surface area contributed by atoms with Gasteiger partial charge >= 0.3 is 5.97 Å². The quantitative estimate of drug-likeness (QED) is 0.404. The number of halogens is 2. The largest absolute Gasteiger partial charge is 0.494 e. The van der Waals surface area contributed by atoms with Crippen LogP contribution < -0.4 is 4.74 Å². The number of hydrogen-bond acceptors (Lipinski definition) is 5. The second kappa shape index (κ2) is 8.43. The Morgan fingerprint density at radius 2 is 2.06 bits per heavy atom. The number of aliphatic carboxylic acids is 1. The fourth-order valence-corrected chi connectivity index (χ4v) is 4.29. The summed E-state index contributed by atoms with van der Waals surface area (Å²) >= 11 is 0. The SMILES string of the molecule is COCC(C)(C)c1c([C@@H](F)CC(=O)O)c2nc3[nH]ncc3cc2n1-c1ccc(F)c(OC)c1. The van der Waals surface area contributed by atoms with E-state index >= 15 is 4.39 Å². The van der Waals surface area contributed by atoms with Crippen molar-refractivity contribution in [2.45, 2.75) is 31.9 Å². The highest BCUT2D eigenvalue weighted by atomic mass is 19.1. The molecule has 0 spiro atoms. The van der Waals surface area contributed by atoms with Gasteiger partial charge in [0.2, 0.25) is 0 Å². The minimum atomic E-state index is -1.84. The Kier molecular flexibility index (Phi) is 5.79. The summed E-state index contributed by atoms with van der Waals surface area (Å²) in [6.45, 7) is 3.95. The van der Waals surface area contributed by atoms with Gasteiger partial charge in [-0.25, -0.2) is 13.8 Å². The molecule has 2 N–H and O–H groups in total. The fraction of sp³-hybridized carbons (Fsp3) is 0.348. The number of hydrogen-bond donors (Lipinski definition) is 2. The Morgan fingerprint density at radius 3 is 2.73 bits per heavy atom. The number of alkyl halides is 1. The number of pyridine rings is 1. The number of fused-ring (bicyclic) bond motifs is 2. The zero-order chi connectivity index (χ0) is 23.9. The van der Waals surface area contributed by atoms with Gasteiger partial charge in [0.1, 0.15) is 6.17 Å². The molecule has 0 aliphatic carbocycles. The Hall–Kier alpha value is -3.53. The number of H-pyrrole nitrogens is 1. The molecular weight excluding hydrogens is 434 g/mol. The standard InChI is InChI=1S/C23H24F2N4O4/c1-23(2,11-32-3)21-19(15(25)9-18(30)31)20-16(7-12-10-26-28-22(12)27-20)29(21)13-5-6-14(24)17(8-13)33-4/h5-8,10,15H,9,11H2,1-4H3,(H,30,31)(H,26,27,28)/t15-/m0/s1. The van der Waals surface area contributed by atoms with Crippen LogP contribution in [0, 0.1) is 5.82 Å². The zero-order valence-electron chi connectivity index (χ0n) is 18.6. The van der Waals surface area contributed by atoms with E-state index < -0.39 is 29.8 Å². The van der Waals surface area contributed by atoms with Crippen LogP contribution in [-0.4, -0.2) is 51.7 Å². The van der Waals surface area contributed by atoms with E-state index in [4.69, 9.17) is 9.47 Å². The van der Waals surface area contributed by atoms with Gasteiger partial charge in [0.15, 0.2) is 17.2 Å². The topological polar surface area (TPSA) is 102 Å². The lowest BCUT2D eigenvalue weighted by Crippen LogP contribution is -2.28. The van der Waals surface area contributed by atoms with Crippen LogP contribution in [0.25, 0.3) is 27.8 Å². The number of carbonyl (C=O) groups is 1. The number of ether oxygens (including phenoxy) is 2. The van der Waals surface area contributed by atoms with E-state index in [0.29, 0.717) is 33.4 Å². The van der Waals surface area contributed by atoms with E-state index in [1.165, 1.54) is 26.4 Å². The molecule has 3 heterocycles. The molecule has 3 aromatic heterocycles. The first-order chi connectivity index (χ1) is 15.7. The van der Waals surface area contributed by atoms with Gasteiger partial charge in [0.25, 0.3) is 0 Å². The first-order valence-electron chi connectivity index (χ1n) is 10.3. The summed E-state index contributed by atoms with van der Waals surface area (Å²) in [5.74, 6) is -1.80. The summed E-state index contributed by atoms with van der Waals surface area (Å²) < 4.78 is 42.2. The van der Waals surface area contributed by atoms with Crippen LogP contribution in [0.2, 0.25) is 0 Å². The molecule has 0 radical (unpaired) electrons. The van der Waals surface area contributed by atoms with Gasteiger partial charge in [-0.15, -0.1) is 0 Å². The molecule has 33 heavy (non-hydrogen) atoms. The number of carboxylic acid groups (broad SMARTS) is 1. The van der Waals surface area contributed by atoms with Crippen molar-refractivity contribution in [1.82, 2.24) is 19.7 Å². The van der Waals surface area contributed by atoms with Gasteiger partial charge in [-0.2, -0.15) is 5.10 Å². The first-order valence-corrected chi connectivity index (χ1v) is 10.3. The van der Waals surface area contributed by atoms with Crippen molar-refractivity contribution in [2.75, 3.05) is 20.8 Å². The van der Waals surface area contributed by atoms with E-state index in [2.05, 4.69) is 15.2 Å². The predicted octanol–water partition coefficient (Wildman–Crippen LogP) is 4.46. The summed E-state index contributed by atoms with van der Waals surface area (Å²) in [7, 11) is 2.89. The lowest BCUT2D eigenvalue weighted by Gasteiger charge is -2.28. The summed E-state index contributed by atoms with van der Waals surface area (Å²) in [5.41, 5.74) is 1.64. The highest BCUT2D eigenvalue weighted by Crippen LogP contribution is 2.43. The number of nitrogens with zero attached hydrogens (tertiary/aromatic N) is 3. The average molecular weight is 458 g/mol. The van der Waals surface area contributed by atoms with Gasteiger partial charge in [0, 0.05) is 40.9 Å². The third kappa shape index (κ3) is 3.91. The van der Waals surface area contributed by atoms with Crippen molar-refractivity contribution in [3.63, 3.8) is 0 Å². The number of rotatable bonds is 8. The summed E-state index contributed by atoms with van der Waals surface area (Å²) in [6.07, 6.45) is -0.980. The van der Waals surface area contributed by atoms with Gasteiger partial charge < -0.3 is 19.1 Å². The lowest BCUT2D eigenvalue weighted by atomic mass is 9.85. The first kappa shape index (κ1) is 22.7. The van der Waals surface area contributed by atoms with E-state index in [1.54, 1.807) is 22.9 Å². The molecule has 0 saturated carbocycles. The van der Waals surface area contributed by atoms with Crippen LogP contribution in [-0.2, 0) is 14.9 Å². The van der Waals surface area contributed by atoms with Gasteiger partial charge in [-0.1, -0.05) is 13.8 Å². The molecule has 0 aliphatic heterocycles. The molecule has 1 atom stereocenters. The van der Waals surface area contributed by atoms with Crippen LogP contribution in [0.3, 0.4) is 0 Å². The summed E-state index contributed by atoms with van der Waals surface area (Å²) in [6, 6.07) is 6.12. The summed E-state index contributed by atoms with van der Waals surface area (Å²) in [5, 5.41) is 16.8. The van der Waals surface area contributed by atoms with E-state index in [9.17, 15) is 14.3 Å². The van der Waals surface area contributed by atoms with Crippen LogP contribution in [0.1, 0.15) is 37.7 Å². The second-order valence-corrected chi connectivity index (χ2v) is 8.46. The molecule has 0 amide bonds. The predicted molar refractivity (Wildman–Crippen MR) is 118 cm³/mol. The van der Waals surface area contributed by atoms with Crippen LogP contribution in [0.4, 0.5) is 8.78 Å². The molecular formula is C23H24F2N4O4. The van der Waals surface area contributed by atoms with Crippen LogP contribution >= 0.6 is 0 Å². The minimum absolute atomic E-state index is 0.0195. The smallest absolute Gasteiger partial charge is 0.306 e. The summed E-state index contributed by atoms with van der Waals surface area (Å²) in [4.78, 5) is 16.0. The molecule has 0 aliphatic rings. The number of aromatic nitrogens is 4. The molecule has 4 aromatic rings. The average Bonchev–Trinajstić information content (AvgIpc) is 3.34.